The number of primary amides is 1. The molecule has 2 amide bonds. The first kappa shape index (κ1) is 15.3. The number of rotatable bonds is 4. The summed E-state index contributed by atoms with van der Waals surface area (Å²) < 4.78 is 0. The lowest BCUT2D eigenvalue weighted by atomic mass is 9.83. The molecule has 7 nitrogen and oxygen atoms in total. The Kier molecular flexibility index (Phi) is 4.74. The number of carbonyl (C=O) groups excluding carboxylic acids is 2. The Morgan fingerprint density at radius 2 is 2.05 bits per heavy atom. The minimum atomic E-state index is -1.11. The minimum Gasteiger partial charge on any atom is -0.409 e. The summed E-state index contributed by atoms with van der Waals surface area (Å²) in [6.45, 7) is 3.86. The predicted octanol–water partition coefficient (Wildman–Crippen LogP) is 0.0155. The summed E-state index contributed by atoms with van der Waals surface area (Å²) >= 11 is 0. The number of hydrogen-bond acceptors (Lipinski definition) is 4. The molecule has 0 spiro atoms. The fraction of sp³-hybridized carbons (Fsp3) is 0.750. The van der Waals surface area contributed by atoms with E-state index in [9.17, 15) is 9.59 Å². The molecule has 0 bridgehead atoms. The minimum absolute atomic E-state index is 0.145. The van der Waals surface area contributed by atoms with Gasteiger partial charge in [0.25, 0.3) is 0 Å². The normalized spacial score (nSPS) is 23.8. The van der Waals surface area contributed by atoms with Gasteiger partial charge in [-0.3, -0.25) is 9.59 Å². The van der Waals surface area contributed by atoms with Crippen LogP contribution in [0.25, 0.3) is 0 Å². The largest absolute Gasteiger partial charge is 0.409 e. The zero-order valence-corrected chi connectivity index (χ0v) is 11.4. The maximum Gasteiger partial charge on any atom is 0.240 e. The van der Waals surface area contributed by atoms with Crippen LogP contribution in [0, 0.1) is 5.41 Å². The summed E-state index contributed by atoms with van der Waals surface area (Å²) in [4.78, 5) is 25.5. The van der Waals surface area contributed by atoms with Crippen molar-refractivity contribution in [2.24, 2.45) is 22.0 Å². The Labute approximate surface area is 112 Å². The molecular weight excluding hydrogens is 248 g/mol. The molecule has 2 atom stereocenters. The third-order valence-electron chi connectivity index (χ3n) is 3.94. The van der Waals surface area contributed by atoms with Crippen molar-refractivity contribution in [3.63, 3.8) is 0 Å². The van der Waals surface area contributed by atoms with Gasteiger partial charge in [0.2, 0.25) is 11.8 Å². The van der Waals surface area contributed by atoms with Gasteiger partial charge < -0.3 is 21.6 Å². The number of likely N-dealkylation sites (tertiary alicyclic amines) is 1. The molecule has 0 radical (unpaired) electrons. The van der Waals surface area contributed by atoms with Crippen molar-refractivity contribution in [1.82, 2.24) is 4.90 Å². The van der Waals surface area contributed by atoms with Gasteiger partial charge >= 0.3 is 0 Å². The standard InChI is InChI=1S/C12H22N4O3/c1-3-12(2,10(14)15-19)11(18)16-7-5-4-6-8(16)9(13)17/h8,19H,3-7H2,1-2H3,(H2,13,17)(H2,14,15). The summed E-state index contributed by atoms with van der Waals surface area (Å²) in [5, 5.41) is 11.8. The van der Waals surface area contributed by atoms with Crippen molar-refractivity contribution < 1.29 is 14.8 Å². The lowest BCUT2D eigenvalue weighted by Crippen LogP contribution is -2.57. The number of piperidine rings is 1. The quantitative estimate of drug-likeness (QED) is 0.288. The van der Waals surface area contributed by atoms with E-state index in [2.05, 4.69) is 5.16 Å². The van der Waals surface area contributed by atoms with E-state index in [4.69, 9.17) is 16.7 Å². The summed E-state index contributed by atoms with van der Waals surface area (Å²) in [6.07, 6.45) is 2.63. The lowest BCUT2D eigenvalue weighted by molar-refractivity contribution is -0.146. The Hall–Kier alpha value is -1.79. The van der Waals surface area contributed by atoms with Crippen LogP contribution in [-0.2, 0) is 9.59 Å². The van der Waals surface area contributed by atoms with Crippen molar-refractivity contribution in [2.75, 3.05) is 6.54 Å². The molecule has 5 N–H and O–H groups in total. The van der Waals surface area contributed by atoms with Gasteiger partial charge in [0.05, 0.1) is 0 Å². The van der Waals surface area contributed by atoms with Crippen LogP contribution in [0.5, 0.6) is 0 Å². The van der Waals surface area contributed by atoms with Crippen molar-refractivity contribution >= 4 is 17.6 Å². The number of nitrogens with two attached hydrogens (primary N) is 2. The highest BCUT2D eigenvalue weighted by Gasteiger charge is 2.43. The molecular formula is C12H22N4O3. The third kappa shape index (κ3) is 2.80. The molecule has 7 heteroatoms. The van der Waals surface area contributed by atoms with Gasteiger partial charge in [-0.05, 0) is 32.6 Å². The molecule has 0 aromatic heterocycles. The Morgan fingerprint density at radius 1 is 1.42 bits per heavy atom. The van der Waals surface area contributed by atoms with Gasteiger partial charge in [0.15, 0.2) is 5.84 Å². The van der Waals surface area contributed by atoms with Gasteiger partial charge in [0.1, 0.15) is 11.5 Å². The number of hydrogen-bond donors (Lipinski definition) is 3. The SMILES string of the molecule is CCC(C)(C(=O)N1CCCCC1C(N)=O)C(N)=NO. The number of nitrogens with zero attached hydrogens (tertiary/aromatic N) is 2. The Balaban J connectivity index is 3.05. The van der Waals surface area contributed by atoms with Crippen molar-refractivity contribution in [2.45, 2.75) is 45.6 Å². The lowest BCUT2D eigenvalue weighted by Gasteiger charge is -2.39. The molecule has 19 heavy (non-hydrogen) atoms. The molecule has 1 saturated heterocycles. The molecule has 0 aromatic carbocycles. The average Bonchev–Trinajstić information content (AvgIpc) is 2.44. The molecule has 1 fully saturated rings. The van der Waals surface area contributed by atoms with Crippen molar-refractivity contribution in [3.05, 3.63) is 0 Å². The van der Waals surface area contributed by atoms with Gasteiger partial charge in [-0.25, -0.2) is 0 Å². The molecule has 1 rings (SSSR count). The summed E-state index contributed by atoms with van der Waals surface area (Å²) in [7, 11) is 0. The van der Waals surface area contributed by atoms with Crippen LogP contribution < -0.4 is 11.5 Å². The molecule has 2 unspecified atom stereocenters. The number of oxime groups is 1. The van der Waals surface area contributed by atoms with E-state index in [0.717, 1.165) is 12.8 Å². The first-order valence-electron chi connectivity index (χ1n) is 6.46. The average molecular weight is 270 g/mol. The number of carbonyl (C=O) groups is 2. The molecule has 1 heterocycles. The molecule has 1 aliphatic rings. The Bertz CT molecular complexity index is 396. The summed E-state index contributed by atoms with van der Waals surface area (Å²) in [5.74, 6) is -0.964. The highest BCUT2D eigenvalue weighted by molar-refractivity contribution is 6.07. The Morgan fingerprint density at radius 3 is 2.53 bits per heavy atom. The fourth-order valence-corrected chi connectivity index (χ4v) is 2.34. The number of amidine groups is 1. The monoisotopic (exact) mass is 270 g/mol. The topological polar surface area (TPSA) is 122 Å². The van der Waals surface area contributed by atoms with Crippen molar-refractivity contribution in [1.29, 1.82) is 0 Å². The van der Waals surface area contributed by atoms with Crippen LogP contribution in [0.2, 0.25) is 0 Å². The van der Waals surface area contributed by atoms with E-state index in [0.29, 0.717) is 19.4 Å². The van der Waals surface area contributed by atoms with Crippen LogP contribution in [-0.4, -0.2) is 40.3 Å². The first-order valence-corrected chi connectivity index (χ1v) is 6.46. The van der Waals surface area contributed by atoms with Crippen molar-refractivity contribution in [3.8, 4) is 0 Å². The van der Waals surface area contributed by atoms with Crippen LogP contribution in [0.4, 0.5) is 0 Å². The van der Waals surface area contributed by atoms with Gasteiger partial charge in [-0.15, -0.1) is 0 Å². The number of amides is 2. The highest BCUT2D eigenvalue weighted by Crippen LogP contribution is 2.28. The molecule has 1 aliphatic heterocycles. The zero-order chi connectivity index (χ0) is 14.6. The maximum atomic E-state index is 12.6. The van der Waals surface area contributed by atoms with E-state index < -0.39 is 17.4 Å². The molecule has 0 saturated carbocycles. The molecule has 0 aliphatic carbocycles. The predicted molar refractivity (Wildman–Crippen MR) is 70.4 cm³/mol. The van der Waals surface area contributed by atoms with E-state index in [1.807, 2.05) is 0 Å². The fourth-order valence-electron chi connectivity index (χ4n) is 2.34. The third-order valence-corrected chi connectivity index (χ3v) is 3.94. The van der Waals surface area contributed by atoms with E-state index in [-0.39, 0.29) is 11.7 Å². The van der Waals surface area contributed by atoms with Gasteiger partial charge in [0, 0.05) is 6.54 Å². The highest BCUT2D eigenvalue weighted by atomic mass is 16.4. The molecule has 108 valence electrons. The zero-order valence-electron chi connectivity index (χ0n) is 11.4. The smallest absolute Gasteiger partial charge is 0.240 e. The van der Waals surface area contributed by atoms with Crippen LogP contribution in [0.3, 0.4) is 0 Å². The van der Waals surface area contributed by atoms with E-state index in [1.54, 1.807) is 13.8 Å². The summed E-state index contributed by atoms with van der Waals surface area (Å²) in [6, 6.07) is -0.599. The molecule has 0 aromatic rings. The summed E-state index contributed by atoms with van der Waals surface area (Å²) in [5.41, 5.74) is 9.86. The second-order valence-corrected chi connectivity index (χ2v) is 5.08. The van der Waals surface area contributed by atoms with Crippen LogP contribution in [0.1, 0.15) is 39.5 Å². The van der Waals surface area contributed by atoms with Gasteiger partial charge in [-0.1, -0.05) is 12.1 Å². The van der Waals surface area contributed by atoms with E-state index in [1.165, 1.54) is 4.90 Å². The van der Waals surface area contributed by atoms with Gasteiger partial charge in [-0.2, -0.15) is 0 Å². The second kappa shape index (κ2) is 5.90. The van der Waals surface area contributed by atoms with E-state index >= 15 is 0 Å². The maximum absolute atomic E-state index is 12.6. The van der Waals surface area contributed by atoms with Crippen LogP contribution >= 0.6 is 0 Å². The second-order valence-electron chi connectivity index (χ2n) is 5.08. The first-order chi connectivity index (χ1) is 8.88. The van der Waals surface area contributed by atoms with Crippen LogP contribution in [0.15, 0.2) is 5.16 Å².